The van der Waals surface area contributed by atoms with E-state index < -0.39 is 0 Å². The van der Waals surface area contributed by atoms with Gasteiger partial charge in [0.05, 0.1) is 25.6 Å². The highest BCUT2D eigenvalue weighted by Gasteiger charge is 2.13. The number of nitrogens with zero attached hydrogens (tertiary/aromatic N) is 3. The Labute approximate surface area is 171 Å². The fraction of sp³-hybridized carbons (Fsp3) is 0.0952. The Morgan fingerprint density at radius 2 is 1.93 bits per heavy atom. The summed E-state index contributed by atoms with van der Waals surface area (Å²) >= 11 is 1.35. The van der Waals surface area contributed by atoms with Crippen LogP contribution in [0.25, 0.3) is 16.9 Å². The highest BCUT2D eigenvalue weighted by Crippen LogP contribution is 2.34. The topological polar surface area (TPSA) is 78.3 Å². The molecule has 29 heavy (non-hydrogen) atoms. The first kappa shape index (κ1) is 18.7. The lowest BCUT2D eigenvalue weighted by atomic mass is 10.1. The summed E-state index contributed by atoms with van der Waals surface area (Å²) < 4.78 is 12.4. The molecule has 7 nitrogen and oxygen atoms in total. The highest BCUT2D eigenvalue weighted by atomic mass is 32.1. The molecule has 0 aliphatic rings. The second kappa shape index (κ2) is 8.15. The second-order valence-electron chi connectivity index (χ2n) is 6.06. The van der Waals surface area contributed by atoms with Crippen molar-refractivity contribution in [2.75, 3.05) is 19.5 Å². The number of hydrogen-bond donors (Lipinski definition) is 1. The number of thiazole rings is 1. The molecule has 2 aromatic heterocycles. The van der Waals surface area contributed by atoms with E-state index in [1.165, 1.54) is 11.3 Å². The lowest BCUT2D eigenvalue weighted by Gasteiger charge is -2.08. The van der Waals surface area contributed by atoms with Gasteiger partial charge in [-0.25, -0.2) is 9.67 Å². The van der Waals surface area contributed by atoms with Gasteiger partial charge in [-0.3, -0.25) is 10.1 Å². The van der Waals surface area contributed by atoms with Crippen molar-refractivity contribution in [2.24, 2.45) is 0 Å². The van der Waals surface area contributed by atoms with Gasteiger partial charge in [0.25, 0.3) is 5.91 Å². The van der Waals surface area contributed by atoms with E-state index in [9.17, 15) is 4.79 Å². The molecule has 0 saturated carbocycles. The van der Waals surface area contributed by atoms with Crippen LogP contribution in [-0.2, 0) is 0 Å². The highest BCUT2D eigenvalue weighted by molar-refractivity contribution is 7.14. The summed E-state index contributed by atoms with van der Waals surface area (Å²) in [6, 6.07) is 14.6. The van der Waals surface area contributed by atoms with Crippen molar-refractivity contribution in [3.05, 3.63) is 71.9 Å². The average Bonchev–Trinajstić information content (AvgIpc) is 3.46. The van der Waals surface area contributed by atoms with E-state index in [1.807, 2.05) is 41.9 Å². The van der Waals surface area contributed by atoms with Gasteiger partial charge in [-0.05, 0) is 42.5 Å². The number of methoxy groups -OCH3 is 2. The molecule has 4 rings (SSSR count). The quantitative estimate of drug-likeness (QED) is 0.517. The summed E-state index contributed by atoms with van der Waals surface area (Å²) in [4.78, 5) is 17.1. The first-order valence-corrected chi connectivity index (χ1v) is 9.65. The van der Waals surface area contributed by atoms with E-state index in [0.29, 0.717) is 22.2 Å². The maximum atomic E-state index is 12.6. The lowest BCUT2D eigenvalue weighted by Crippen LogP contribution is -2.11. The summed E-state index contributed by atoms with van der Waals surface area (Å²) in [6.45, 7) is 0. The summed E-state index contributed by atoms with van der Waals surface area (Å²) in [5, 5.41) is 9.41. The molecule has 0 atom stereocenters. The molecular weight excluding hydrogens is 388 g/mol. The van der Waals surface area contributed by atoms with Crippen LogP contribution >= 0.6 is 11.3 Å². The smallest absolute Gasteiger partial charge is 0.257 e. The van der Waals surface area contributed by atoms with Gasteiger partial charge in [-0.1, -0.05) is 0 Å². The standard InChI is InChI=1S/C21H18N4O3S/c1-27-16-8-9-17(19(12-16)28-2)18-13-29-21(23-18)24-20(26)14-4-6-15(7-5-14)25-11-3-10-22-25/h3-13H,1-2H3,(H,23,24,26). The lowest BCUT2D eigenvalue weighted by molar-refractivity contribution is 0.102. The average molecular weight is 406 g/mol. The van der Waals surface area contributed by atoms with Crippen molar-refractivity contribution >= 4 is 22.4 Å². The van der Waals surface area contributed by atoms with Crippen LogP contribution in [-0.4, -0.2) is 34.9 Å². The molecule has 146 valence electrons. The third-order valence-corrected chi connectivity index (χ3v) is 5.07. The number of carbonyl (C=O) groups is 1. The van der Waals surface area contributed by atoms with Gasteiger partial charge < -0.3 is 9.47 Å². The number of amides is 1. The molecule has 0 unspecified atom stereocenters. The molecule has 0 saturated heterocycles. The van der Waals surface area contributed by atoms with Gasteiger partial charge in [0.15, 0.2) is 5.13 Å². The molecule has 1 N–H and O–H groups in total. The SMILES string of the molecule is COc1ccc(-c2csc(NC(=O)c3ccc(-n4cccn4)cc3)n2)c(OC)c1. The van der Waals surface area contributed by atoms with Gasteiger partial charge in [0, 0.05) is 35.0 Å². The summed E-state index contributed by atoms with van der Waals surface area (Å²) in [5.74, 6) is 1.13. The van der Waals surface area contributed by atoms with Gasteiger partial charge in [0.1, 0.15) is 11.5 Å². The van der Waals surface area contributed by atoms with Crippen molar-refractivity contribution < 1.29 is 14.3 Å². The molecular formula is C21H18N4O3S. The Morgan fingerprint density at radius 3 is 2.62 bits per heavy atom. The van der Waals surface area contributed by atoms with Crippen LogP contribution in [0, 0.1) is 0 Å². The minimum absolute atomic E-state index is 0.223. The van der Waals surface area contributed by atoms with E-state index >= 15 is 0 Å². The number of benzene rings is 2. The summed E-state index contributed by atoms with van der Waals surface area (Å²) in [5.41, 5.74) is 2.97. The monoisotopic (exact) mass is 406 g/mol. The Bertz CT molecular complexity index is 1120. The first-order valence-electron chi connectivity index (χ1n) is 8.77. The zero-order valence-electron chi connectivity index (χ0n) is 15.8. The number of anilines is 1. The molecule has 2 heterocycles. The Morgan fingerprint density at radius 1 is 1.10 bits per heavy atom. The van der Waals surface area contributed by atoms with Crippen LogP contribution in [0.1, 0.15) is 10.4 Å². The van der Waals surface area contributed by atoms with Crippen LogP contribution in [0.3, 0.4) is 0 Å². The molecule has 0 bridgehead atoms. The van der Waals surface area contributed by atoms with Crippen LogP contribution in [0.4, 0.5) is 5.13 Å². The largest absolute Gasteiger partial charge is 0.497 e. The Hall–Kier alpha value is -3.65. The van der Waals surface area contributed by atoms with Crippen molar-refractivity contribution in [3.63, 3.8) is 0 Å². The van der Waals surface area contributed by atoms with Crippen LogP contribution in [0.15, 0.2) is 66.3 Å². The van der Waals surface area contributed by atoms with E-state index in [-0.39, 0.29) is 5.91 Å². The number of hydrogen-bond acceptors (Lipinski definition) is 6. The van der Waals surface area contributed by atoms with Crippen LogP contribution in [0.2, 0.25) is 0 Å². The first-order chi connectivity index (χ1) is 14.2. The number of ether oxygens (including phenoxy) is 2. The van der Waals surface area contributed by atoms with Gasteiger partial charge in [0.2, 0.25) is 0 Å². The number of carbonyl (C=O) groups excluding carboxylic acids is 1. The van der Waals surface area contributed by atoms with Gasteiger partial charge in [-0.2, -0.15) is 5.10 Å². The van der Waals surface area contributed by atoms with Gasteiger partial charge >= 0.3 is 0 Å². The van der Waals surface area contributed by atoms with E-state index in [1.54, 1.807) is 43.3 Å². The molecule has 0 aliphatic carbocycles. The minimum Gasteiger partial charge on any atom is -0.497 e. The second-order valence-corrected chi connectivity index (χ2v) is 6.91. The van der Waals surface area contributed by atoms with Crippen molar-refractivity contribution in [1.29, 1.82) is 0 Å². The van der Waals surface area contributed by atoms with Crippen molar-refractivity contribution in [1.82, 2.24) is 14.8 Å². The molecule has 0 spiro atoms. The van der Waals surface area contributed by atoms with E-state index in [0.717, 1.165) is 16.9 Å². The number of aromatic nitrogens is 3. The maximum absolute atomic E-state index is 12.6. The molecule has 4 aromatic rings. The van der Waals surface area contributed by atoms with Crippen molar-refractivity contribution in [2.45, 2.75) is 0 Å². The fourth-order valence-corrected chi connectivity index (χ4v) is 3.53. The van der Waals surface area contributed by atoms with Crippen LogP contribution in [0.5, 0.6) is 11.5 Å². The van der Waals surface area contributed by atoms with E-state index in [2.05, 4.69) is 15.4 Å². The number of nitrogens with one attached hydrogen (secondary N) is 1. The van der Waals surface area contributed by atoms with Crippen LogP contribution < -0.4 is 14.8 Å². The minimum atomic E-state index is -0.223. The molecule has 1 amide bonds. The third-order valence-electron chi connectivity index (χ3n) is 4.31. The molecule has 8 heteroatoms. The number of rotatable bonds is 6. The normalized spacial score (nSPS) is 10.6. The van der Waals surface area contributed by atoms with Gasteiger partial charge in [-0.15, -0.1) is 11.3 Å². The predicted octanol–water partition coefficient (Wildman–Crippen LogP) is 4.27. The van der Waals surface area contributed by atoms with E-state index in [4.69, 9.17) is 9.47 Å². The summed E-state index contributed by atoms with van der Waals surface area (Å²) in [7, 11) is 3.20. The Balaban J connectivity index is 1.50. The maximum Gasteiger partial charge on any atom is 0.257 e. The molecule has 2 aromatic carbocycles. The molecule has 0 fully saturated rings. The Kier molecular flexibility index (Phi) is 5.26. The zero-order chi connectivity index (χ0) is 20.2. The van der Waals surface area contributed by atoms with Crippen molar-refractivity contribution in [3.8, 4) is 28.4 Å². The molecule has 0 aliphatic heterocycles. The third kappa shape index (κ3) is 3.97. The predicted molar refractivity (Wildman–Crippen MR) is 112 cm³/mol. The fourth-order valence-electron chi connectivity index (χ4n) is 2.82. The zero-order valence-corrected chi connectivity index (χ0v) is 16.6. The molecule has 0 radical (unpaired) electrons. The summed E-state index contributed by atoms with van der Waals surface area (Å²) in [6.07, 6.45) is 3.55.